The molecule has 0 bridgehead atoms. The number of rotatable bonds is 7. The maximum absolute atomic E-state index is 14.0. The molecule has 0 amide bonds. The molecule has 13 heteroatoms. The van der Waals surface area contributed by atoms with E-state index in [2.05, 4.69) is 23.1 Å². The summed E-state index contributed by atoms with van der Waals surface area (Å²) in [7, 11) is 0. The van der Waals surface area contributed by atoms with E-state index in [-0.39, 0.29) is 16.4 Å². The van der Waals surface area contributed by atoms with Crippen LogP contribution in [-0.4, -0.2) is 40.2 Å². The van der Waals surface area contributed by atoms with Crippen molar-refractivity contribution < 1.29 is 50.5 Å². The van der Waals surface area contributed by atoms with Gasteiger partial charge in [0.1, 0.15) is 23.1 Å². The van der Waals surface area contributed by atoms with E-state index in [0.29, 0.717) is 61.4 Å². The van der Waals surface area contributed by atoms with Gasteiger partial charge in [0.2, 0.25) is 0 Å². The molecule has 2 aromatic carbocycles. The fourth-order valence-electron chi connectivity index (χ4n) is 9.85. The van der Waals surface area contributed by atoms with Crippen LogP contribution in [0.15, 0.2) is 42.5 Å². The molecule has 2 N–H and O–H groups in total. The number of carbonyl (C=O) groups excluding carboxylic acids is 2. The second kappa shape index (κ2) is 14.2. The third-order valence-electron chi connectivity index (χ3n) is 12.6. The number of ether oxygens (including phenoxy) is 2. The van der Waals surface area contributed by atoms with Crippen LogP contribution in [0.3, 0.4) is 0 Å². The van der Waals surface area contributed by atoms with E-state index in [1.165, 1.54) is 11.6 Å². The van der Waals surface area contributed by atoms with Crippen LogP contribution < -0.4 is 10.1 Å². The van der Waals surface area contributed by atoms with Gasteiger partial charge in [-0.1, -0.05) is 37.5 Å². The number of aliphatic hydroxyl groups is 1. The number of terminal acetylenes is 1. The van der Waals surface area contributed by atoms with Crippen molar-refractivity contribution in [3.05, 3.63) is 70.4 Å². The van der Waals surface area contributed by atoms with Crippen molar-refractivity contribution in [1.82, 2.24) is 10.3 Å². The Morgan fingerprint density at radius 2 is 1.78 bits per heavy atom. The molecule has 2 heterocycles. The second-order valence-electron chi connectivity index (χ2n) is 15.5. The number of nitrogens with one attached hydrogen (secondary N) is 1. The van der Waals surface area contributed by atoms with Gasteiger partial charge in [-0.05, 0) is 111 Å². The minimum Gasteiger partial charge on any atom is -0.456 e. The zero-order valence-corrected chi connectivity index (χ0v) is 29.8. The maximum Gasteiger partial charge on any atom is 0.433 e. The van der Waals surface area contributed by atoms with Crippen molar-refractivity contribution in [2.75, 3.05) is 6.54 Å². The fraction of sp³-hybridized carbons (Fsp3) is 0.537. The number of piperidine rings is 1. The third kappa shape index (κ3) is 6.96. The largest absolute Gasteiger partial charge is 0.456 e. The lowest BCUT2D eigenvalue weighted by molar-refractivity contribution is -0.153. The van der Waals surface area contributed by atoms with E-state index >= 15 is 0 Å². The highest BCUT2D eigenvalue weighted by molar-refractivity contribution is 5.87. The first kappa shape index (κ1) is 38.1. The Labute approximate surface area is 309 Å². The number of para-hydroxylation sites is 1. The van der Waals surface area contributed by atoms with Gasteiger partial charge >= 0.3 is 24.3 Å². The zero-order chi connectivity index (χ0) is 38.6. The Balaban J connectivity index is 1.05. The minimum atomic E-state index is -5.08. The standard InChI is InChI=1S/C41H42F6N2O5/c1-3-39(52)19-17-30-27-12-10-23-21-24(11-13-25(23)26(27)16-18-38(30,39)2)53-34(50)14-15-35(51)54-37(32-9-4-5-20-48-32)29-22-33(41(45,46)47)49-36-28(29)7-6-8-31(36)40(42,43)44/h1,6-8,11,13,21-22,26-27,30,32,37,48,52H,4-5,9-10,12,14-20H2,2H3/t26-,27-,30+,32?,37?,38+,39+/m1/s1. The Kier molecular flexibility index (Phi) is 10.0. The molecule has 2 unspecified atom stereocenters. The topological polar surface area (TPSA) is 97.8 Å². The van der Waals surface area contributed by atoms with Crippen LogP contribution in [0.25, 0.3) is 10.9 Å². The van der Waals surface area contributed by atoms with Gasteiger partial charge in [-0.3, -0.25) is 9.59 Å². The Morgan fingerprint density at radius 1 is 1.00 bits per heavy atom. The second-order valence-corrected chi connectivity index (χ2v) is 15.5. The smallest absolute Gasteiger partial charge is 0.433 e. The number of esters is 2. The number of halogens is 6. The maximum atomic E-state index is 14.0. The molecule has 7 nitrogen and oxygen atoms in total. The lowest BCUT2D eigenvalue weighted by Crippen LogP contribution is -2.50. The van der Waals surface area contributed by atoms with Gasteiger partial charge in [0.25, 0.3) is 0 Å². The Hall–Kier alpha value is -4.15. The van der Waals surface area contributed by atoms with Gasteiger partial charge in [0, 0.05) is 22.4 Å². The number of hydrogen-bond donors (Lipinski definition) is 2. The van der Waals surface area contributed by atoms with Crippen molar-refractivity contribution >= 4 is 22.8 Å². The molecule has 4 aliphatic rings. The summed E-state index contributed by atoms with van der Waals surface area (Å²) in [5.41, 5.74) is -3.17. The lowest BCUT2D eigenvalue weighted by atomic mass is 9.53. The SMILES string of the molecule is C#C[C@]1(O)CC[C@H]2[C@@H]3CCc4cc(OC(=O)CCC(=O)OC(c5cc(C(F)(F)F)nc6c(C(F)(F)F)cccc56)C5CCCCN5)ccc4[C@H]3CC[C@@]21C. The summed E-state index contributed by atoms with van der Waals surface area (Å²) in [4.78, 5) is 29.6. The molecule has 1 aliphatic heterocycles. The van der Waals surface area contributed by atoms with Crippen LogP contribution in [-0.2, 0) is 33.1 Å². The monoisotopic (exact) mass is 756 g/mol. The molecule has 1 aromatic heterocycles. The van der Waals surface area contributed by atoms with Gasteiger partial charge in [-0.25, -0.2) is 4.98 Å². The van der Waals surface area contributed by atoms with Gasteiger partial charge in [-0.2, -0.15) is 26.3 Å². The molecule has 0 spiro atoms. The van der Waals surface area contributed by atoms with E-state index in [1.54, 1.807) is 6.07 Å². The number of fused-ring (bicyclic) bond motifs is 6. The molecule has 7 atom stereocenters. The minimum absolute atomic E-state index is 0.222. The first-order valence-corrected chi connectivity index (χ1v) is 18.6. The average Bonchev–Trinajstić information content (AvgIpc) is 3.42. The van der Waals surface area contributed by atoms with Crippen LogP contribution in [0.1, 0.15) is 111 Å². The van der Waals surface area contributed by atoms with E-state index in [0.717, 1.165) is 50.2 Å². The molecule has 7 rings (SSSR count). The quantitative estimate of drug-likeness (QED) is 0.108. The molecule has 2 saturated carbocycles. The molecule has 3 aliphatic carbocycles. The number of pyridine rings is 1. The predicted molar refractivity (Wildman–Crippen MR) is 186 cm³/mol. The van der Waals surface area contributed by atoms with Crippen molar-refractivity contribution in [2.24, 2.45) is 17.3 Å². The van der Waals surface area contributed by atoms with E-state index in [4.69, 9.17) is 15.9 Å². The molecule has 0 radical (unpaired) electrons. The highest BCUT2D eigenvalue weighted by atomic mass is 19.4. The van der Waals surface area contributed by atoms with E-state index in [9.17, 15) is 41.0 Å². The van der Waals surface area contributed by atoms with E-state index < -0.39 is 71.7 Å². The zero-order valence-electron chi connectivity index (χ0n) is 29.8. The number of alkyl halides is 6. The number of aryl methyl sites for hydroxylation is 1. The summed E-state index contributed by atoms with van der Waals surface area (Å²) in [6.07, 6.45) is 0.149. The summed E-state index contributed by atoms with van der Waals surface area (Å²) >= 11 is 0. The van der Waals surface area contributed by atoms with Crippen LogP contribution >= 0.6 is 0 Å². The molecule has 1 saturated heterocycles. The first-order chi connectivity index (χ1) is 25.5. The highest BCUT2D eigenvalue weighted by Gasteiger charge is 2.61. The van der Waals surface area contributed by atoms with Crippen LogP contribution in [0.5, 0.6) is 5.75 Å². The molecule has 54 heavy (non-hydrogen) atoms. The number of benzene rings is 2. The predicted octanol–water partition coefficient (Wildman–Crippen LogP) is 8.61. The summed E-state index contributed by atoms with van der Waals surface area (Å²) in [6.45, 7) is 2.59. The fourth-order valence-corrected chi connectivity index (χ4v) is 9.85. The lowest BCUT2D eigenvalue weighted by Gasteiger charge is -2.52. The third-order valence-corrected chi connectivity index (χ3v) is 12.6. The summed E-state index contributed by atoms with van der Waals surface area (Å²) < 4.78 is 95.2. The number of nitrogens with zero attached hydrogens (tertiary/aromatic N) is 1. The summed E-state index contributed by atoms with van der Waals surface area (Å²) in [6, 6.07) is 8.46. The van der Waals surface area contributed by atoms with Crippen LogP contribution in [0, 0.1) is 29.6 Å². The summed E-state index contributed by atoms with van der Waals surface area (Å²) in [5, 5.41) is 14.1. The number of hydrogen-bond acceptors (Lipinski definition) is 7. The molecule has 3 fully saturated rings. The van der Waals surface area contributed by atoms with Crippen LogP contribution in [0.4, 0.5) is 26.3 Å². The average molecular weight is 757 g/mol. The van der Waals surface area contributed by atoms with Gasteiger partial charge in [0.15, 0.2) is 0 Å². The highest BCUT2D eigenvalue weighted by Crippen LogP contribution is 2.64. The van der Waals surface area contributed by atoms with Crippen molar-refractivity contribution in [2.45, 2.75) is 114 Å². The Morgan fingerprint density at radius 3 is 2.48 bits per heavy atom. The molecular weight excluding hydrogens is 714 g/mol. The van der Waals surface area contributed by atoms with Crippen molar-refractivity contribution in [1.29, 1.82) is 0 Å². The summed E-state index contributed by atoms with van der Waals surface area (Å²) in [5.74, 6) is 2.39. The van der Waals surface area contributed by atoms with E-state index in [1.807, 2.05) is 12.1 Å². The van der Waals surface area contributed by atoms with Crippen LogP contribution in [0.2, 0.25) is 0 Å². The Bertz CT molecular complexity index is 1990. The molecule has 3 aromatic rings. The first-order valence-electron chi connectivity index (χ1n) is 18.6. The number of aromatic nitrogens is 1. The molecule has 288 valence electrons. The van der Waals surface area contributed by atoms with Gasteiger partial charge < -0.3 is 19.9 Å². The van der Waals surface area contributed by atoms with Gasteiger partial charge in [0.05, 0.1) is 23.9 Å². The van der Waals surface area contributed by atoms with Gasteiger partial charge in [-0.15, -0.1) is 6.42 Å². The van der Waals surface area contributed by atoms with Crippen molar-refractivity contribution in [3.63, 3.8) is 0 Å². The normalized spacial score (nSPS) is 28.6. The number of carbonyl (C=O) groups is 2. The van der Waals surface area contributed by atoms with Crippen molar-refractivity contribution in [3.8, 4) is 18.1 Å². The molecular formula is C41H42F6N2O5.